The second kappa shape index (κ2) is 6.58. The molecule has 0 radical (unpaired) electrons. The van der Waals surface area contributed by atoms with Gasteiger partial charge < -0.3 is 5.32 Å². The highest BCUT2D eigenvalue weighted by atomic mass is 19.1. The molecular weight excluding hydrogens is 225 g/mol. The lowest BCUT2D eigenvalue weighted by Crippen LogP contribution is -2.13. The van der Waals surface area contributed by atoms with Gasteiger partial charge in [0.15, 0.2) is 0 Å². The van der Waals surface area contributed by atoms with Crippen molar-refractivity contribution in [1.82, 2.24) is 5.32 Å². The molecule has 0 saturated heterocycles. The molecule has 0 amide bonds. The molecule has 1 nitrogen and oxygen atoms in total. The van der Waals surface area contributed by atoms with E-state index in [0.717, 1.165) is 11.1 Å². The van der Waals surface area contributed by atoms with Crippen LogP contribution in [0.5, 0.6) is 0 Å². The largest absolute Gasteiger partial charge is 0.302 e. The summed E-state index contributed by atoms with van der Waals surface area (Å²) in [5.74, 6) is 5.88. The zero-order valence-corrected chi connectivity index (χ0v) is 9.99. The minimum absolute atomic E-state index is 0.204. The zero-order chi connectivity index (χ0) is 12.6. The van der Waals surface area contributed by atoms with Crippen LogP contribution in [0.15, 0.2) is 54.6 Å². The molecule has 0 aliphatic carbocycles. The molecule has 0 spiro atoms. The summed E-state index contributed by atoms with van der Waals surface area (Å²) in [6, 6.07) is 16.4. The minimum atomic E-state index is -0.204. The summed E-state index contributed by atoms with van der Waals surface area (Å²) in [6.07, 6.45) is 0. The molecular formula is C16H14FN. The average molecular weight is 239 g/mol. The molecule has 2 rings (SSSR count). The van der Waals surface area contributed by atoms with Gasteiger partial charge in [0.1, 0.15) is 5.82 Å². The first-order valence-electron chi connectivity index (χ1n) is 5.84. The van der Waals surface area contributed by atoms with Gasteiger partial charge in [-0.3, -0.25) is 0 Å². The van der Waals surface area contributed by atoms with Gasteiger partial charge in [-0.2, -0.15) is 0 Å². The average Bonchev–Trinajstić information content (AvgIpc) is 2.40. The fourth-order valence-corrected chi connectivity index (χ4v) is 1.58. The van der Waals surface area contributed by atoms with E-state index >= 15 is 0 Å². The van der Waals surface area contributed by atoms with E-state index in [1.54, 1.807) is 6.07 Å². The van der Waals surface area contributed by atoms with Crippen LogP contribution in [0, 0.1) is 17.7 Å². The summed E-state index contributed by atoms with van der Waals surface area (Å²) in [5.41, 5.74) is 1.93. The minimum Gasteiger partial charge on any atom is -0.302 e. The van der Waals surface area contributed by atoms with Crippen molar-refractivity contribution in [2.24, 2.45) is 0 Å². The van der Waals surface area contributed by atoms with Crippen LogP contribution in [0.1, 0.15) is 11.1 Å². The molecule has 0 aliphatic rings. The first-order valence-corrected chi connectivity index (χ1v) is 5.84. The summed E-state index contributed by atoms with van der Waals surface area (Å²) in [7, 11) is 0. The normalized spacial score (nSPS) is 9.61. The van der Waals surface area contributed by atoms with E-state index in [2.05, 4.69) is 17.2 Å². The number of hydrogen-bond acceptors (Lipinski definition) is 1. The monoisotopic (exact) mass is 239 g/mol. The molecule has 0 fully saturated rings. The maximum absolute atomic E-state index is 12.9. The van der Waals surface area contributed by atoms with Crippen LogP contribution in [0.4, 0.5) is 4.39 Å². The van der Waals surface area contributed by atoms with Crippen molar-refractivity contribution in [2.45, 2.75) is 6.54 Å². The molecule has 0 aliphatic heterocycles. The lowest BCUT2D eigenvalue weighted by atomic mass is 10.2. The fraction of sp³-hybridized carbons (Fsp3) is 0.125. The van der Waals surface area contributed by atoms with Crippen LogP contribution >= 0.6 is 0 Å². The summed E-state index contributed by atoms with van der Waals surface area (Å²) >= 11 is 0. The van der Waals surface area contributed by atoms with Gasteiger partial charge in [-0.15, -0.1) is 0 Å². The van der Waals surface area contributed by atoms with Crippen molar-refractivity contribution in [1.29, 1.82) is 0 Å². The number of rotatable bonds is 3. The molecule has 2 aromatic rings. The number of benzene rings is 2. The molecule has 18 heavy (non-hydrogen) atoms. The van der Waals surface area contributed by atoms with E-state index in [1.165, 1.54) is 12.1 Å². The van der Waals surface area contributed by atoms with E-state index in [0.29, 0.717) is 13.1 Å². The smallest absolute Gasteiger partial charge is 0.123 e. The van der Waals surface area contributed by atoms with E-state index in [-0.39, 0.29) is 5.82 Å². The Kier molecular flexibility index (Phi) is 4.52. The Labute approximate surface area is 107 Å². The third-order valence-corrected chi connectivity index (χ3v) is 2.44. The SMILES string of the molecule is Fc1cccc(CNCC#Cc2ccccc2)c1. The summed E-state index contributed by atoms with van der Waals surface area (Å²) < 4.78 is 12.9. The quantitative estimate of drug-likeness (QED) is 0.641. The van der Waals surface area contributed by atoms with Gasteiger partial charge in [0.25, 0.3) is 0 Å². The zero-order valence-electron chi connectivity index (χ0n) is 9.99. The third-order valence-electron chi connectivity index (χ3n) is 2.44. The lowest BCUT2D eigenvalue weighted by molar-refractivity contribution is 0.623. The van der Waals surface area contributed by atoms with Crippen LogP contribution in [-0.4, -0.2) is 6.54 Å². The van der Waals surface area contributed by atoms with Crippen LogP contribution in [0.2, 0.25) is 0 Å². The van der Waals surface area contributed by atoms with Crippen molar-refractivity contribution in [2.75, 3.05) is 6.54 Å². The van der Waals surface area contributed by atoms with Gasteiger partial charge in [0.05, 0.1) is 6.54 Å². The Morgan fingerprint density at radius 1 is 1.00 bits per heavy atom. The van der Waals surface area contributed by atoms with Crippen LogP contribution in [0.25, 0.3) is 0 Å². The Hall–Kier alpha value is -2.11. The van der Waals surface area contributed by atoms with E-state index in [4.69, 9.17) is 0 Å². The van der Waals surface area contributed by atoms with Crippen molar-refractivity contribution >= 4 is 0 Å². The fourth-order valence-electron chi connectivity index (χ4n) is 1.58. The first-order chi connectivity index (χ1) is 8.84. The van der Waals surface area contributed by atoms with Crippen LogP contribution in [-0.2, 0) is 6.54 Å². The highest BCUT2D eigenvalue weighted by Crippen LogP contribution is 2.02. The molecule has 2 heteroatoms. The van der Waals surface area contributed by atoms with Crippen molar-refractivity contribution in [3.05, 3.63) is 71.5 Å². The maximum Gasteiger partial charge on any atom is 0.123 e. The van der Waals surface area contributed by atoms with Gasteiger partial charge in [0, 0.05) is 12.1 Å². The van der Waals surface area contributed by atoms with Gasteiger partial charge in [-0.25, -0.2) is 4.39 Å². The summed E-state index contributed by atoms with van der Waals surface area (Å²) in [4.78, 5) is 0. The summed E-state index contributed by atoms with van der Waals surface area (Å²) in [6.45, 7) is 1.21. The van der Waals surface area contributed by atoms with Gasteiger partial charge in [-0.05, 0) is 29.8 Å². The van der Waals surface area contributed by atoms with Crippen LogP contribution in [0.3, 0.4) is 0 Å². The van der Waals surface area contributed by atoms with Crippen LogP contribution < -0.4 is 5.32 Å². The van der Waals surface area contributed by atoms with E-state index in [1.807, 2.05) is 36.4 Å². The highest BCUT2D eigenvalue weighted by Gasteiger charge is 1.93. The van der Waals surface area contributed by atoms with Gasteiger partial charge >= 0.3 is 0 Å². The number of nitrogens with one attached hydrogen (secondary N) is 1. The second-order valence-electron chi connectivity index (χ2n) is 3.90. The van der Waals surface area contributed by atoms with E-state index in [9.17, 15) is 4.39 Å². The highest BCUT2D eigenvalue weighted by molar-refractivity contribution is 5.33. The predicted octanol–water partition coefficient (Wildman–Crippen LogP) is 2.97. The Balaban J connectivity index is 1.78. The molecule has 0 aromatic heterocycles. The van der Waals surface area contributed by atoms with Crippen molar-refractivity contribution in [3.63, 3.8) is 0 Å². The predicted molar refractivity (Wildman–Crippen MR) is 71.4 cm³/mol. The number of hydrogen-bond donors (Lipinski definition) is 1. The van der Waals surface area contributed by atoms with Crippen molar-refractivity contribution in [3.8, 4) is 11.8 Å². The molecule has 0 atom stereocenters. The Bertz CT molecular complexity index is 552. The van der Waals surface area contributed by atoms with E-state index < -0.39 is 0 Å². The Morgan fingerprint density at radius 2 is 1.83 bits per heavy atom. The topological polar surface area (TPSA) is 12.0 Å². The Morgan fingerprint density at radius 3 is 2.61 bits per heavy atom. The standard InChI is InChI=1S/C16H14FN/c17-16-10-4-8-15(12-16)13-18-11-5-9-14-6-2-1-3-7-14/h1-4,6-8,10,12,18H,11,13H2. The molecule has 1 N–H and O–H groups in total. The summed E-state index contributed by atoms with van der Waals surface area (Å²) in [5, 5.41) is 3.16. The molecule has 0 bridgehead atoms. The van der Waals surface area contributed by atoms with Gasteiger partial charge in [0.2, 0.25) is 0 Å². The third kappa shape index (κ3) is 4.04. The molecule has 0 heterocycles. The van der Waals surface area contributed by atoms with Crippen molar-refractivity contribution < 1.29 is 4.39 Å². The number of halogens is 1. The second-order valence-corrected chi connectivity index (χ2v) is 3.90. The molecule has 2 aromatic carbocycles. The molecule has 90 valence electrons. The molecule has 0 saturated carbocycles. The van der Waals surface area contributed by atoms with Gasteiger partial charge in [-0.1, -0.05) is 42.2 Å². The maximum atomic E-state index is 12.9. The lowest BCUT2D eigenvalue weighted by Gasteiger charge is -2.00. The first kappa shape index (κ1) is 12.3. The molecule has 0 unspecified atom stereocenters.